The number of rotatable bonds is 4. The third-order valence-electron chi connectivity index (χ3n) is 3.89. The normalized spacial score (nSPS) is 10.6. The molecule has 3 nitrogen and oxygen atoms in total. The first-order chi connectivity index (χ1) is 11.5. The Morgan fingerprint density at radius 1 is 0.875 bits per heavy atom. The number of carbonyl (C=O) groups excluding carboxylic acids is 1. The van der Waals surface area contributed by atoms with Crippen molar-refractivity contribution in [1.29, 1.82) is 0 Å². The van der Waals surface area contributed by atoms with Gasteiger partial charge in [0.25, 0.3) is 0 Å². The topological polar surface area (TPSA) is 35.5 Å². The van der Waals surface area contributed by atoms with Crippen molar-refractivity contribution in [2.75, 3.05) is 6.61 Å². The van der Waals surface area contributed by atoms with Gasteiger partial charge in [-0.2, -0.15) is 0 Å². The van der Waals surface area contributed by atoms with E-state index in [9.17, 15) is 4.79 Å². The lowest BCUT2D eigenvalue weighted by Crippen LogP contribution is -2.18. The summed E-state index contributed by atoms with van der Waals surface area (Å²) in [6.07, 6.45) is 0. The number of benzene rings is 3. The predicted octanol–water partition coefficient (Wildman–Crippen LogP) is 4.75. The van der Waals surface area contributed by atoms with E-state index in [1.54, 1.807) is 6.07 Å². The summed E-state index contributed by atoms with van der Waals surface area (Å²) in [7, 11) is 0. The molecule has 0 aromatic heterocycles. The second kappa shape index (κ2) is 6.75. The average Bonchev–Trinajstić information content (AvgIpc) is 2.53. The fourth-order valence-corrected chi connectivity index (χ4v) is 2.92. The molecule has 0 bridgehead atoms. The minimum atomic E-state index is -0.412. The molecular formula is C21H20O3. The molecule has 0 aliphatic heterocycles. The number of fused-ring (bicyclic) bond motifs is 1. The van der Waals surface area contributed by atoms with Crippen LogP contribution in [-0.4, -0.2) is 12.6 Å². The molecule has 0 atom stereocenters. The van der Waals surface area contributed by atoms with E-state index in [2.05, 4.69) is 0 Å². The summed E-state index contributed by atoms with van der Waals surface area (Å²) in [6.45, 7) is 5.88. The summed E-state index contributed by atoms with van der Waals surface area (Å²) in [5.41, 5.74) is 3.22. The van der Waals surface area contributed by atoms with Crippen LogP contribution in [0.15, 0.2) is 54.6 Å². The van der Waals surface area contributed by atoms with Crippen molar-refractivity contribution in [2.24, 2.45) is 0 Å². The van der Waals surface area contributed by atoms with Gasteiger partial charge in [0.1, 0.15) is 11.5 Å². The third-order valence-corrected chi connectivity index (χ3v) is 3.89. The van der Waals surface area contributed by atoms with E-state index in [-0.39, 0.29) is 6.61 Å². The Balaban J connectivity index is 1.67. The van der Waals surface area contributed by atoms with E-state index in [1.165, 1.54) is 5.56 Å². The highest BCUT2D eigenvalue weighted by Gasteiger charge is 2.10. The van der Waals surface area contributed by atoms with E-state index < -0.39 is 5.97 Å². The Morgan fingerprint density at radius 3 is 2.25 bits per heavy atom. The summed E-state index contributed by atoms with van der Waals surface area (Å²) in [4.78, 5) is 12.1. The number of esters is 1. The van der Waals surface area contributed by atoms with Crippen molar-refractivity contribution in [2.45, 2.75) is 20.8 Å². The lowest BCUT2D eigenvalue weighted by molar-refractivity contribution is -0.136. The highest BCUT2D eigenvalue weighted by atomic mass is 16.6. The molecule has 0 saturated carbocycles. The van der Waals surface area contributed by atoms with Gasteiger partial charge in [-0.1, -0.05) is 48.0 Å². The van der Waals surface area contributed by atoms with E-state index >= 15 is 0 Å². The maximum atomic E-state index is 12.1. The monoisotopic (exact) mass is 320 g/mol. The minimum Gasteiger partial charge on any atom is -0.481 e. The summed E-state index contributed by atoms with van der Waals surface area (Å²) in [5.74, 6) is 0.861. The van der Waals surface area contributed by atoms with Crippen LogP contribution in [0.2, 0.25) is 0 Å². The van der Waals surface area contributed by atoms with Crippen molar-refractivity contribution in [3.63, 3.8) is 0 Å². The SMILES string of the molecule is Cc1cc(C)c(OCC(=O)Oc2ccc3ccccc3c2)c(C)c1. The first-order valence-corrected chi connectivity index (χ1v) is 7.93. The summed E-state index contributed by atoms with van der Waals surface area (Å²) in [6, 6.07) is 17.6. The number of hydrogen-bond acceptors (Lipinski definition) is 3. The molecule has 0 heterocycles. The number of ether oxygens (including phenoxy) is 2. The smallest absolute Gasteiger partial charge is 0.349 e. The van der Waals surface area contributed by atoms with Crippen LogP contribution < -0.4 is 9.47 Å². The van der Waals surface area contributed by atoms with Gasteiger partial charge in [-0.15, -0.1) is 0 Å². The Bertz CT molecular complexity index is 873. The van der Waals surface area contributed by atoms with E-state index in [4.69, 9.17) is 9.47 Å². The molecule has 0 fully saturated rings. The first-order valence-electron chi connectivity index (χ1n) is 7.93. The Labute approximate surface area is 141 Å². The highest BCUT2D eigenvalue weighted by Crippen LogP contribution is 2.25. The van der Waals surface area contributed by atoms with Crippen molar-refractivity contribution >= 4 is 16.7 Å². The standard InChI is InChI=1S/C21H20O3/c1-14-10-15(2)21(16(3)11-14)23-13-20(22)24-19-9-8-17-6-4-5-7-18(17)12-19/h4-12H,13H2,1-3H3. The number of hydrogen-bond donors (Lipinski definition) is 0. The molecule has 24 heavy (non-hydrogen) atoms. The van der Waals surface area contributed by atoms with E-state index in [0.29, 0.717) is 5.75 Å². The average molecular weight is 320 g/mol. The van der Waals surface area contributed by atoms with Gasteiger partial charge in [0.15, 0.2) is 6.61 Å². The maximum Gasteiger partial charge on any atom is 0.349 e. The quantitative estimate of drug-likeness (QED) is 0.514. The molecule has 0 spiro atoms. The molecule has 122 valence electrons. The van der Waals surface area contributed by atoms with Crippen molar-refractivity contribution < 1.29 is 14.3 Å². The van der Waals surface area contributed by atoms with Crippen LogP contribution in [0.5, 0.6) is 11.5 Å². The second-order valence-corrected chi connectivity index (χ2v) is 6.00. The molecule has 3 aromatic carbocycles. The molecule has 3 heteroatoms. The number of aryl methyl sites for hydroxylation is 3. The van der Waals surface area contributed by atoms with Crippen LogP contribution in [-0.2, 0) is 4.79 Å². The zero-order chi connectivity index (χ0) is 17.1. The van der Waals surface area contributed by atoms with Gasteiger partial charge < -0.3 is 9.47 Å². The molecule has 3 aromatic rings. The van der Waals surface area contributed by atoms with Gasteiger partial charge in [0, 0.05) is 0 Å². The Morgan fingerprint density at radius 2 is 1.54 bits per heavy atom. The summed E-state index contributed by atoms with van der Waals surface area (Å²) < 4.78 is 11.1. The largest absolute Gasteiger partial charge is 0.481 e. The molecule has 0 saturated heterocycles. The highest BCUT2D eigenvalue weighted by molar-refractivity contribution is 5.84. The molecule has 0 unspecified atom stereocenters. The summed E-state index contributed by atoms with van der Waals surface area (Å²) >= 11 is 0. The van der Waals surface area contributed by atoms with E-state index in [1.807, 2.05) is 69.3 Å². The summed E-state index contributed by atoms with van der Waals surface area (Å²) in [5, 5.41) is 2.15. The molecule has 0 radical (unpaired) electrons. The first kappa shape index (κ1) is 16.1. The van der Waals surface area contributed by atoms with Crippen LogP contribution in [0.1, 0.15) is 16.7 Å². The van der Waals surface area contributed by atoms with E-state index in [0.717, 1.165) is 27.6 Å². The Hall–Kier alpha value is -2.81. The fourth-order valence-electron chi connectivity index (χ4n) is 2.92. The van der Waals surface area contributed by atoms with Crippen LogP contribution in [0, 0.1) is 20.8 Å². The van der Waals surface area contributed by atoms with Crippen LogP contribution >= 0.6 is 0 Å². The van der Waals surface area contributed by atoms with Gasteiger partial charge in [0.05, 0.1) is 0 Å². The third kappa shape index (κ3) is 3.57. The molecule has 0 N–H and O–H groups in total. The van der Waals surface area contributed by atoms with Crippen molar-refractivity contribution in [1.82, 2.24) is 0 Å². The Kier molecular flexibility index (Phi) is 4.52. The lowest BCUT2D eigenvalue weighted by Gasteiger charge is -2.13. The fraction of sp³-hybridized carbons (Fsp3) is 0.190. The van der Waals surface area contributed by atoms with Gasteiger partial charge >= 0.3 is 5.97 Å². The van der Waals surface area contributed by atoms with Crippen LogP contribution in [0.3, 0.4) is 0 Å². The molecule has 0 aliphatic carbocycles. The lowest BCUT2D eigenvalue weighted by atomic mass is 10.1. The zero-order valence-electron chi connectivity index (χ0n) is 14.1. The molecule has 3 rings (SSSR count). The van der Waals surface area contributed by atoms with Crippen molar-refractivity contribution in [3.8, 4) is 11.5 Å². The van der Waals surface area contributed by atoms with Gasteiger partial charge in [-0.25, -0.2) is 4.79 Å². The molecule has 0 aliphatic rings. The van der Waals surface area contributed by atoms with Gasteiger partial charge in [-0.05, 0) is 54.8 Å². The van der Waals surface area contributed by atoms with Crippen molar-refractivity contribution in [3.05, 3.63) is 71.3 Å². The van der Waals surface area contributed by atoms with Gasteiger partial charge in [-0.3, -0.25) is 0 Å². The zero-order valence-corrected chi connectivity index (χ0v) is 14.1. The minimum absolute atomic E-state index is 0.114. The second-order valence-electron chi connectivity index (χ2n) is 6.00. The number of carbonyl (C=O) groups is 1. The van der Waals surface area contributed by atoms with Gasteiger partial charge in [0.2, 0.25) is 0 Å². The van der Waals surface area contributed by atoms with Crippen LogP contribution in [0.25, 0.3) is 10.8 Å². The van der Waals surface area contributed by atoms with Crippen LogP contribution in [0.4, 0.5) is 0 Å². The predicted molar refractivity (Wildman–Crippen MR) is 95.7 cm³/mol. The molecule has 0 amide bonds. The molecular weight excluding hydrogens is 300 g/mol. The maximum absolute atomic E-state index is 12.1.